The number of rotatable bonds is 6. The first kappa shape index (κ1) is 14.6. The van der Waals surface area contributed by atoms with E-state index in [1.54, 1.807) is 12.1 Å². The first-order valence-electron chi connectivity index (χ1n) is 5.42. The van der Waals surface area contributed by atoms with Gasteiger partial charge in [-0.1, -0.05) is 5.11 Å². The molecule has 96 valence electrons. The van der Waals surface area contributed by atoms with Gasteiger partial charge in [0, 0.05) is 23.6 Å². The van der Waals surface area contributed by atoms with Crippen LogP contribution >= 0.6 is 22.6 Å². The number of nitrogens with zero attached hydrogens (tertiary/aromatic N) is 3. The Kier molecular flexibility index (Phi) is 6.31. The van der Waals surface area contributed by atoms with Crippen LogP contribution < -0.4 is 5.32 Å². The lowest BCUT2D eigenvalue weighted by Gasteiger charge is -2.05. The Labute approximate surface area is 118 Å². The van der Waals surface area contributed by atoms with Crippen LogP contribution in [0.1, 0.15) is 23.2 Å². The van der Waals surface area contributed by atoms with E-state index in [0.29, 0.717) is 22.2 Å². The van der Waals surface area contributed by atoms with E-state index in [1.807, 2.05) is 22.6 Å². The van der Waals surface area contributed by atoms with E-state index >= 15 is 0 Å². The van der Waals surface area contributed by atoms with Crippen molar-refractivity contribution >= 4 is 28.5 Å². The van der Waals surface area contributed by atoms with E-state index in [1.165, 1.54) is 6.07 Å². The Hall–Kier alpha value is -1.47. The molecule has 0 aliphatic carbocycles. The van der Waals surface area contributed by atoms with E-state index in [2.05, 4.69) is 15.3 Å². The normalized spacial score (nSPS) is 9.61. The molecule has 0 radical (unpaired) electrons. The summed E-state index contributed by atoms with van der Waals surface area (Å²) in [4.78, 5) is 14.3. The monoisotopic (exact) mass is 360 g/mol. The van der Waals surface area contributed by atoms with Crippen molar-refractivity contribution in [3.63, 3.8) is 0 Å². The molecular weight excluding hydrogens is 347 g/mol. The highest BCUT2D eigenvalue weighted by atomic mass is 127. The van der Waals surface area contributed by atoms with E-state index in [-0.39, 0.29) is 11.7 Å². The molecule has 1 aromatic rings. The van der Waals surface area contributed by atoms with Crippen molar-refractivity contribution in [3.05, 3.63) is 37.8 Å². The number of hydrogen-bond donors (Lipinski definition) is 2. The molecule has 0 fully saturated rings. The Bertz CT molecular complexity index is 472. The summed E-state index contributed by atoms with van der Waals surface area (Å²) < 4.78 is 0.707. The molecule has 18 heavy (non-hydrogen) atoms. The van der Waals surface area contributed by atoms with Crippen molar-refractivity contribution in [2.45, 2.75) is 12.8 Å². The van der Waals surface area contributed by atoms with E-state index in [4.69, 9.17) is 5.53 Å². The second kappa shape index (κ2) is 7.78. The molecule has 1 aromatic carbocycles. The van der Waals surface area contributed by atoms with E-state index < -0.39 is 0 Å². The molecule has 0 aromatic heterocycles. The molecule has 0 heterocycles. The molecule has 7 heteroatoms. The van der Waals surface area contributed by atoms with Gasteiger partial charge in [0.2, 0.25) is 0 Å². The fourth-order valence-electron chi connectivity index (χ4n) is 1.31. The van der Waals surface area contributed by atoms with Gasteiger partial charge >= 0.3 is 0 Å². The van der Waals surface area contributed by atoms with Gasteiger partial charge in [0.1, 0.15) is 5.75 Å². The van der Waals surface area contributed by atoms with Crippen LogP contribution in [0.3, 0.4) is 0 Å². The zero-order valence-corrected chi connectivity index (χ0v) is 11.8. The lowest BCUT2D eigenvalue weighted by Crippen LogP contribution is -2.24. The van der Waals surface area contributed by atoms with Crippen LogP contribution in [0.15, 0.2) is 23.3 Å². The maximum Gasteiger partial charge on any atom is 0.251 e. The zero-order valence-electron chi connectivity index (χ0n) is 9.64. The molecule has 6 nitrogen and oxygen atoms in total. The molecule has 1 amide bonds. The topological polar surface area (TPSA) is 98.1 Å². The fraction of sp³-hybridized carbons (Fsp3) is 0.364. The van der Waals surface area contributed by atoms with E-state index in [9.17, 15) is 9.90 Å². The average molecular weight is 360 g/mol. The lowest BCUT2D eigenvalue weighted by molar-refractivity contribution is 0.0952. The number of azide groups is 1. The SMILES string of the molecule is [N-]=[N+]=NCCCCNC(=O)c1ccc(I)c(O)c1. The number of benzene rings is 1. The van der Waals surface area contributed by atoms with Gasteiger partial charge in [0.05, 0.1) is 3.57 Å². The predicted molar refractivity (Wildman–Crippen MR) is 76.4 cm³/mol. The molecule has 0 saturated heterocycles. The largest absolute Gasteiger partial charge is 0.507 e. The van der Waals surface area contributed by atoms with Crippen LogP contribution in [-0.2, 0) is 0 Å². The third-order valence-electron chi connectivity index (χ3n) is 2.24. The third kappa shape index (κ3) is 4.80. The molecule has 0 bridgehead atoms. The van der Waals surface area contributed by atoms with Crippen molar-refractivity contribution in [1.29, 1.82) is 0 Å². The first-order chi connectivity index (χ1) is 8.65. The minimum Gasteiger partial charge on any atom is -0.507 e. The van der Waals surface area contributed by atoms with Gasteiger partial charge in [-0.2, -0.15) is 0 Å². The van der Waals surface area contributed by atoms with Gasteiger partial charge in [-0.25, -0.2) is 0 Å². The van der Waals surface area contributed by atoms with Gasteiger partial charge < -0.3 is 10.4 Å². The molecule has 0 spiro atoms. The van der Waals surface area contributed by atoms with Crippen LogP contribution in [-0.4, -0.2) is 24.1 Å². The molecule has 0 unspecified atom stereocenters. The molecule has 0 aliphatic heterocycles. The van der Waals surface area contributed by atoms with Gasteiger partial charge in [-0.05, 0) is 59.2 Å². The van der Waals surface area contributed by atoms with Crippen LogP contribution in [0, 0.1) is 3.57 Å². The van der Waals surface area contributed by atoms with Crippen LogP contribution in [0.4, 0.5) is 0 Å². The first-order valence-corrected chi connectivity index (χ1v) is 6.50. The highest BCUT2D eigenvalue weighted by molar-refractivity contribution is 14.1. The summed E-state index contributed by atoms with van der Waals surface area (Å²) in [6, 6.07) is 4.79. The molecule has 0 aliphatic rings. The molecule has 2 N–H and O–H groups in total. The van der Waals surface area contributed by atoms with Crippen molar-refractivity contribution < 1.29 is 9.90 Å². The number of phenolic OH excluding ortho intramolecular Hbond substituents is 1. The van der Waals surface area contributed by atoms with Crippen molar-refractivity contribution in [2.75, 3.05) is 13.1 Å². The molecular formula is C11H13IN4O2. The Balaban J connectivity index is 2.36. The van der Waals surface area contributed by atoms with Crippen LogP contribution in [0.2, 0.25) is 0 Å². The van der Waals surface area contributed by atoms with Gasteiger partial charge in [-0.3, -0.25) is 4.79 Å². The summed E-state index contributed by atoms with van der Waals surface area (Å²) in [6.45, 7) is 0.962. The number of carbonyl (C=O) groups is 1. The minimum atomic E-state index is -0.217. The molecule has 1 rings (SSSR count). The van der Waals surface area contributed by atoms with Crippen LogP contribution in [0.5, 0.6) is 5.75 Å². The van der Waals surface area contributed by atoms with Gasteiger partial charge in [0.25, 0.3) is 5.91 Å². The summed E-state index contributed by atoms with van der Waals surface area (Å²) >= 11 is 1.99. The quantitative estimate of drug-likeness (QED) is 0.268. The number of unbranched alkanes of at least 4 members (excludes halogenated alkanes) is 1. The third-order valence-corrected chi connectivity index (χ3v) is 3.15. The maximum atomic E-state index is 11.7. The fourth-order valence-corrected chi connectivity index (χ4v) is 1.65. The van der Waals surface area contributed by atoms with Crippen LogP contribution in [0.25, 0.3) is 10.4 Å². The molecule has 0 saturated carbocycles. The number of nitrogens with one attached hydrogen (secondary N) is 1. The van der Waals surface area contributed by atoms with Gasteiger partial charge in [0.15, 0.2) is 0 Å². The van der Waals surface area contributed by atoms with Gasteiger partial charge in [-0.15, -0.1) is 0 Å². The van der Waals surface area contributed by atoms with Crippen molar-refractivity contribution in [1.82, 2.24) is 5.32 Å². The lowest BCUT2D eigenvalue weighted by atomic mass is 10.2. The predicted octanol–water partition coefficient (Wildman–Crippen LogP) is 2.82. The Morgan fingerprint density at radius 2 is 2.28 bits per heavy atom. The highest BCUT2D eigenvalue weighted by Gasteiger charge is 2.07. The summed E-state index contributed by atoms with van der Waals surface area (Å²) in [6.07, 6.45) is 1.49. The highest BCUT2D eigenvalue weighted by Crippen LogP contribution is 2.20. The number of phenols is 1. The maximum absolute atomic E-state index is 11.7. The summed E-state index contributed by atoms with van der Waals surface area (Å²) in [5, 5.41) is 15.6. The summed E-state index contributed by atoms with van der Waals surface area (Å²) in [5.74, 6) is -0.114. The Morgan fingerprint density at radius 3 is 2.94 bits per heavy atom. The van der Waals surface area contributed by atoms with Crippen molar-refractivity contribution in [3.8, 4) is 5.75 Å². The number of halogens is 1. The van der Waals surface area contributed by atoms with Crippen molar-refractivity contribution in [2.24, 2.45) is 5.11 Å². The smallest absolute Gasteiger partial charge is 0.251 e. The molecule has 0 atom stereocenters. The zero-order chi connectivity index (χ0) is 13.4. The standard InChI is InChI=1S/C11H13IN4O2/c12-9-4-3-8(7-10(9)17)11(18)14-5-1-2-6-15-16-13/h3-4,7,17H,1-2,5-6H2,(H,14,18). The Morgan fingerprint density at radius 1 is 1.50 bits per heavy atom. The second-order valence-corrected chi connectivity index (χ2v) is 4.75. The summed E-state index contributed by atoms with van der Waals surface area (Å²) in [5.41, 5.74) is 8.51. The van der Waals surface area contributed by atoms with E-state index in [0.717, 1.165) is 12.8 Å². The number of aromatic hydroxyl groups is 1. The number of amides is 1. The number of carbonyl (C=O) groups excluding carboxylic acids is 1. The minimum absolute atomic E-state index is 0.103. The average Bonchev–Trinajstić information content (AvgIpc) is 2.36. The number of hydrogen-bond acceptors (Lipinski definition) is 3. The summed E-state index contributed by atoms with van der Waals surface area (Å²) in [7, 11) is 0. The second-order valence-electron chi connectivity index (χ2n) is 3.58.